The predicted molar refractivity (Wildman–Crippen MR) is 64.2 cm³/mol. The van der Waals surface area contributed by atoms with E-state index in [9.17, 15) is 20.0 Å². The van der Waals surface area contributed by atoms with Crippen LogP contribution in [0.15, 0.2) is 30.3 Å². The normalized spacial score (nSPS) is 12.9. The Kier molecular flexibility index (Phi) is 7.54. The maximum absolute atomic E-state index is 10.6. The second-order valence-electron chi connectivity index (χ2n) is 3.11. The molecule has 1 aromatic rings. The van der Waals surface area contributed by atoms with Crippen molar-refractivity contribution in [3.8, 4) is 0 Å². The summed E-state index contributed by atoms with van der Waals surface area (Å²) in [6, 6.07) is 7.01. The van der Waals surface area contributed by atoms with Gasteiger partial charge in [-0.3, -0.25) is 10.1 Å². The van der Waals surface area contributed by atoms with Gasteiger partial charge >= 0.3 is 0 Å². The molecule has 2 unspecified atom stereocenters. The van der Waals surface area contributed by atoms with Gasteiger partial charge in [0.1, 0.15) is 12.4 Å². The summed E-state index contributed by atoms with van der Waals surface area (Å²) in [5.41, 5.74) is 0.445. The fraction of sp³-hybridized carbons (Fsp3) is 0.417. The molecule has 0 radical (unpaired) electrons. The lowest BCUT2D eigenvalue weighted by Crippen LogP contribution is -2.27. The van der Waals surface area contributed by atoms with Crippen molar-refractivity contribution in [1.82, 2.24) is 0 Å². The summed E-state index contributed by atoms with van der Waals surface area (Å²) in [6.45, 7) is 4.00. The van der Waals surface area contributed by atoms with Crippen molar-refractivity contribution >= 4 is 6.29 Å². The minimum absolute atomic E-state index is 0.289. The topological polar surface area (TPSA) is 80.4 Å². The first kappa shape index (κ1) is 15.2. The van der Waals surface area contributed by atoms with E-state index < -0.39 is 17.1 Å². The molecule has 5 heteroatoms. The first-order valence-electron chi connectivity index (χ1n) is 5.47. The summed E-state index contributed by atoms with van der Waals surface area (Å²) in [4.78, 5) is 20.2. The van der Waals surface area contributed by atoms with E-state index in [2.05, 4.69) is 0 Å². The molecule has 0 aliphatic carbocycles. The molecule has 0 bridgehead atoms. The number of carbonyl (C=O) groups excluding carboxylic acids is 1. The molecule has 17 heavy (non-hydrogen) atoms. The molecule has 0 amide bonds. The minimum Gasteiger partial charge on any atom is -0.381 e. The average Bonchev–Trinajstić information content (AvgIpc) is 2.38. The number of carbonyl (C=O) groups is 1. The van der Waals surface area contributed by atoms with E-state index >= 15 is 0 Å². The summed E-state index contributed by atoms with van der Waals surface area (Å²) in [7, 11) is 0. The van der Waals surface area contributed by atoms with Crippen LogP contribution in [0.5, 0.6) is 0 Å². The molecule has 0 aliphatic heterocycles. The average molecular weight is 239 g/mol. The summed E-state index contributed by atoms with van der Waals surface area (Å²) in [6.07, 6.45) is -1.09. The Balaban J connectivity index is 0.00000121. The van der Waals surface area contributed by atoms with Gasteiger partial charge in [-0.25, -0.2) is 0 Å². The molecule has 1 rings (SSSR count). The van der Waals surface area contributed by atoms with Crippen LogP contribution in [0, 0.1) is 10.1 Å². The standard InChI is InChI=1S/C10H11NO4.C2H6/c12-7-6-9(11(14)15)10(13)8-4-2-1-3-5-8;1-2/h1-5,7,9-10,13H,6H2;1-2H3. The Labute approximate surface area is 100 Å². The first-order chi connectivity index (χ1) is 8.16. The zero-order valence-electron chi connectivity index (χ0n) is 9.95. The Hall–Kier alpha value is -1.75. The van der Waals surface area contributed by atoms with E-state index in [0.717, 1.165) is 0 Å². The van der Waals surface area contributed by atoms with Crippen LogP contribution in [0.3, 0.4) is 0 Å². The van der Waals surface area contributed by atoms with Crippen molar-refractivity contribution in [3.63, 3.8) is 0 Å². The van der Waals surface area contributed by atoms with E-state index in [0.29, 0.717) is 11.8 Å². The van der Waals surface area contributed by atoms with E-state index in [4.69, 9.17) is 0 Å². The van der Waals surface area contributed by atoms with Gasteiger partial charge in [0.2, 0.25) is 6.04 Å². The first-order valence-corrected chi connectivity index (χ1v) is 5.47. The van der Waals surface area contributed by atoms with Gasteiger partial charge in [-0.1, -0.05) is 44.2 Å². The molecular formula is C12H17NO4. The quantitative estimate of drug-likeness (QED) is 0.484. The smallest absolute Gasteiger partial charge is 0.249 e. The van der Waals surface area contributed by atoms with Crippen molar-refractivity contribution in [2.24, 2.45) is 0 Å². The lowest BCUT2D eigenvalue weighted by Gasteiger charge is -2.13. The Morgan fingerprint density at radius 1 is 1.35 bits per heavy atom. The largest absolute Gasteiger partial charge is 0.381 e. The van der Waals surface area contributed by atoms with Crippen molar-refractivity contribution < 1.29 is 14.8 Å². The van der Waals surface area contributed by atoms with Gasteiger partial charge in [-0.15, -0.1) is 0 Å². The zero-order chi connectivity index (χ0) is 13.3. The molecule has 0 spiro atoms. The fourth-order valence-corrected chi connectivity index (χ4v) is 1.30. The number of aliphatic hydroxyl groups excluding tert-OH is 1. The maximum Gasteiger partial charge on any atom is 0.249 e. The highest BCUT2D eigenvalue weighted by atomic mass is 16.6. The summed E-state index contributed by atoms with van der Waals surface area (Å²) < 4.78 is 0. The van der Waals surface area contributed by atoms with E-state index in [1.807, 2.05) is 13.8 Å². The number of hydrogen-bond donors (Lipinski definition) is 1. The number of aldehydes is 1. The molecule has 0 aromatic heterocycles. The van der Waals surface area contributed by atoms with E-state index in [-0.39, 0.29) is 6.42 Å². The number of aliphatic hydroxyl groups is 1. The number of rotatable bonds is 5. The van der Waals surface area contributed by atoms with Crippen LogP contribution in [0.2, 0.25) is 0 Å². The van der Waals surface area contributed by atoms with Crippen molar-refractivity contribution in [2.45, 2.75) is 32.4 Å². The van der Waals surface area contributed by atoms with Gasteiger partial charge in [0.05, 0.1) is 6.42 Å². The van der Waals surface area contributed by atoms with Gasteiger partial charge in [0, 0.05) is 4.92 Å². The van der Waals surface area contributed by atoms with Crippen LogP contribution in [-0.2, 0) is 4.79 Å². The third kappa shape index (κ3) is 4.74. The highest BCUT2D eigenvalue weighted by Gasteiger charge is 2.30. The SMILES string of the molecule is CC.O=CCC(C(O)c1ccccc1)[N+](=O)[O-]. The van der Waals surface area contributed by atoms with E-state index in [1.54, 1.807) is 30.3 Å². The van der Waals surface area contributed by atoms with Crippen LogP contribution in [-0.4, -0.2) is 22.4 Å². The van der Waals surface area contributed by atoms with E-state index in [1.165, 1.54) is 0 Å². The maximum atomic E-state index is 10.6. The second-order valence-corrected chi connectivity index (χ2v) is 3.11. The van der Waals surface area contributed by atoms with Gasteiger partial charge in [-0.2, -0.15) is 0 Å². The molecule has 1 N–H and O–H groups in total. The van der Waals surface area contributed by atoms with Gasteiger partial charge in [-0.05, 0) is 5.56 Å². The molecule has 2 atom stereocenters. The summed E-state index contributed by atoms with van der Waals surface area (Å²) in [5.74, 6) is 0. The van der Waals surface area contributed by atoms with Gasteiger partial charge in [0.15, 0.2) is 0 Å². The fourth-order valence-electron chi connectivity index (χ4n) is 1.30. The molecule has 94 valence electrons. The molecule has 5 nitrogen and oxygen atoms in total. The van der Waals surface area contributed by atoms with Gasteiger partial charge in [0.25, 0.3) is 0 Å². The third-order valence-electron chi connectivity index (χ3n) is 2.11. The summed E-state index contributed by atoms with van der Waals surface area (Å²) >= 11 is 0. The molecule has 0 saturated heterocycles. The summed E-state index contributed by atoms with van der Waals surface area (Å²) in [5, 5.41) is 20.3. The predicted octanol–water partition coefficient (Wildman–Crippen LogP) is 1.98. The van der Waals surface area contributed by atoms with Gasteiger partial charge < -0.3 is 9.90 Å². The van der Waals surface area contributed by atoms with Crippen LogP contribution >= 0.6 is 0 Å². The van der Waals surface area contributed by atoms with Crippen LogP contribution in [0.1, 0.15) is 31.9 Å². The van der Waals surface area contributed by atoms with Crippen molar-refractivity contribution in [3.05, 3.63) is 46.0 Å². The highest BCUT2D eigenvalue weighted by molar-refractivity contribution is 5.50. The van der Waals surface area contributed by atoms with Crippen molar-refractivity contribution in [2.75, 3.05) is 0 Å². The molecule has 0 fully saturated rings. The molecule has 0 heterocycles. The molecular weight excluding hydrogens is 222 g/mol. The molecule has 1 aromatic carbocycles. The molecule has 0 saturated carbocycles. The second kappa shape index (κ2) is 8.41. The Bertz CT molecular complexity index is 340. The van der Waals surface area contributed by atoms with Crippen LogP contribution in [0.4, 0.5) is 0 Å². The Morgan fingerprint density at radius 3 is 2.29 bits per heavy atom. The number of hydrogen-bond acceptors (Lipinski definition) is 4. The Morgan fingerprint density at radius 2 is 1.88 bits per heavy atom. The number of nitro groups is 1. The van der Waals surface area contributed by atoms with Crippen LogP contribution < -0.4 is 0 Å². The third-order valence-corrected chi connectivity index (χ3v) is 2.11. The number of benzene rings is 1. The zero-order valence-corrected chi connectivity index (χ0v) is 9.95. The highest BCUT2D eigenvalue weighted by Crippen LogP contribution is 2.19. The monoisotopic (exact) mass is 239 g/mol. The lowest BCUT2D eigenvalue weighted by atomic mass is 10.0. The number of nitrogens with zero attached hydrogens (tertiary/aromatic N) is 1. The minimum atomic E-state index is -1.27. The lowest BCUT2D eigenvalue weighted by molar-refractivity contribution is -0.534. The molecule has 0 aliphatic rings. The van der Waals surface area contributed by atoms with Crippen LogP contribution in [0.25, 0.3) is 0 Å². The van der Waals surface area contributed by atoms with Crippen molar-refractivity contribution in [1.29, 1.82) is 0 Å².